The Morgan fingerprint density at radius 3 is 2.52 bits per heavy atom. The molecule has 21 heavy (non-hydrogen) atoms. The predicted molar refractivity (Wildman–Crippen MR) is 83.0 cm³/mol. The van der Waals surface area contributed by atoms with E-state index >= 15 is 0 Å². The highest BCUT2D eigenvalue weighted by atomic mass is 35.5. The van der Waals surface area contributed by atoms with Gasteiger partial charge in [0.2, 0.25) is 0 Å². The Bertz CT molecular complexity index is 775. The van der Waals surface area contributed by atoms with Gasteiger partial charge in [-0.15, -0.1) is 0 Å². The molecule has 0 aliphatic carbocycles. The fraction of sp³-hybridized carbons (Fsp3) is 0.200. The zero-order chi connectivity index (χ0) is 15.6. The van der Waals surface area contributed by atoms with Crippen molar-refractivity contribution in [2.45, 2.75) is 18.4 Å². The van der Waals surface area contributed by atoms with Crippen LogP contribution in [0.2, 0.25) is 5.02 Å². The SMILES string of the molecule is Cc1ccc(CNc2cc(S(C)(=O)=O)ccc2Cl)cc1F. The van der Waals surface area contributed by atoms with Crippen LogP contribution in [0.5, 0.6) is 0 Å². The van der Waals surface area contributed by atoms with E-state index < -0.39 is 9.84 Å². The molecular formula is C15H15ClFNO2S. The van der Waals surface area contributed by atoms with Crippen molar-refractivity contribution in [3.63, 3.8) is 0 Å². The minimum absolute atomic E-state index is 0.185. The van der Waals surface area contributed by atoms with Crippen LogP contribution < -0.4 is 5.32 Å². The number of rotatable bonds is 4. The van der Waals surface area contributed by atoms with Gasteiger partial charge in [0.25, 0.3) is 0 Å². The summed E-state index contributed by atoms with van der Waals surface area (Å²) in [5.41, 5.74) is 1.83. The smallest absolute Gasteiger partial charge is 0.175 e. The highest BCUT2D eigenvalue weighted by Gasteiger charge is 2.10. The lowest BCUT2D eigenvalue weighted by atomic mass is 10.1. The molecule has 1 N–H and O–H groups in total. The number of anilines is 1. The van der Waals surface area contributed by atoms with Gasteiger partial charge in [0.15, 0.2) is 9.84 Å². The van der Waals surface area contributed by atoms with Gasteiger partial charge in [0.1, 0.15) is 5.82 Å². The van der Waals surface area contributed by atoms with Crippen molar-refractivity contribution in [2.75, 3.05) is 11.6 Å². The van der Waals surface area contributed by atoms with Crippen molar-refractivity contribution in [3.8, 4) is 0 Å². The van der Waals surface area contributed by atoms with E-state index in [0.29, 0.717) is 22.8 Å². The summed E-state index contributed by atoms with van der Waals surface area (Å²) in [5.74, 6) is -0.273. The van der Waals surface area contributed by atoms with Crippen LogP contribution in [0.1, 0.15) is 11.1 Å². The second kappa shape index (κ2) is 6.03. The third-order valence-electron chi connectivity index (χ3n) is 3.09. The molecule has 112 valence electrons. The summed E-state index contributed by atoms with van der Waals surface area (Å²) in [6.07, 6.45) is 1.13. The standard InChI is InChI=1S/C15H15ClFNO2S/c1-10-3-4-11(7-14(10)17)9-18-15-8-12(21(2,19)20)5-6-13(15)16/h3-8,18H,9H2,1-2H3. The number of benzene rings is 2. The summed E-state index contributed by atoms with van der Waals surface area (Å²) in [6, 6.07) is 9.39. The molecule has 2 aromatic rings. The quantitative estimate of drug-likeness (QED) is 0.929. The van der Waals surface area contributed by atoms with Gasteiger partial charge in [0, 0.05) is 12.8 Å². The van der Waals surface area contributed by atoms with E-state index in [9.17, 15) is 12.8 Å². The van der Waals surface area contributed by atoms with E-state index in [1.165, 1.54) is 24.3 Å². The molecule has 0 spiro atoms. The third kappa shape index (κ3) is 3.95. The first-order valence-corrected chi connectivity index (χ1v) is 8.53. The molecule has 0 saturated carbocycles. The van der Waals surface area contributed by atoms with Crippen molar-refractivity contribution in [1.82, 2.24) is 0 Å². The monoisotopic (exact) mass is 327 g/mol. The van der Waals surface area contributed by atoms with Crippen LogP contribution in [0.15, 0.2) is 41.3 Å². The van der Waals surface area contributed by atoms with Gasteiger partial charge >= 0.3 is 0 Å². The molecule has 0 saturated heterocycles. The number of hydrogen-bond donors (Lipinski definition) is 1. The van der Waals surface area contributed by atoms with E-state index in [4.69, 9.17) is 11.6 Å². The van der Waals surface area contributed by atoms with Crippen LogP contribution in [0.25, 0.3) is 0 Å². The van der Waals surface area contributed by atoms with Gasteiger partial charge in [-0.1, -0.05) is 23.7 Å². The van der Waals surface area contributed by atoms with Crippen LogP contribution in [0, 0.1) is 12.7 Å². The molecule has 0 amide bonds. The van der Waals surface area contributed by atoms with Crippen molar-refractivity contribution < 1.29 is 12.8 Å². The molecular weight excluding hydrogens is 313 g/mol. The largest absolute Gasteiger partial charge is 0.380 e. The summed E-state index contributed by atoms with van der Waals surface area (Å²) in [6.45, 7) is 2.04. The van der Waals surface area contributed by atoms with Crippen LogP contribution >= 0.6 is 11.6 Å². The maximum absolute atomic E-state index is 13.5. The molecule has 0 radical (unpaired) electrons. The Balaban J connectivity index is 2.21. The van der Waals surface area contributed by atoms with Crippen LogP contribution in [-0.2, 0) is 16.4 Å². The first-order chi connectivity index (χ1) is 9.77. The number of aryl methyl sites for hydroxylation is 1. The van der Waals surface area contributed by atoms with Gasteiger partial charge in [0.05, 0.1) is 15.6 Å². The maximum Gasteiger partial charge on any atom is 0.175 e. The Labute approximate surface area is 128 Å². The Morgan fingerprint density at radius 2 is 1.90 bits per heavy atom. The minimum Gasteiger partial charge on any atom is -0.380 e. The Morgan fingerprint density at radius 1 is 1.19 bits per heavy atom. The Hall–Kier alpha value is -1.59. The number of nitrogens with one attached hydrogen (secondary N) is 1. The van der Waals surface area contributed by atoms with Crippen LogP contribution in [0.4, 0.5) is 10.1 Å². The van der Waals surface area contributed by atoms with E-state index in [1.54, 1.807) is 19.1 Å². The second-order valence-corrected chi connectivity index (χ2v) is 7.27. The summed E-state index contributed by atoms with van der Waals surface area (Å²) in [5, 5.41) is 3.44. The zero-order valence-corrected chi connectivity index (χ0v) is 13.2. The Kier molecular flexibility index (Phi) is 4.54. The van der Waals surface area contributed by atoms with Gasteiger partial charge < -0.3 is 5.32 Å². The average Bonchev–Trinajstić information content (AvgIpc) is 2.40. The zero-order valence-electron chi connectivity index (χ0n) is 11.7. The van der Waals surface area contributed by atoms with Gasteiger partial charge in [-0.05, 0) is 42.3 Å². The molecule has 0 bridgehead atoms. The lowest BCUT2D eigenvalue weighted by molar-refractivity contribution is 0.602. The average molecular weight is 328 g/mol. The topological polar surface area (TPSA) is 46.2 Å². The molecule has 2 aromatic carbocycles. The number of hydrogen-bond acceptors (Lipinski definition) is 3. The van der Waals surface area contributed by atoms with Gasteiger partial charge in [-0.2, -0.15) is 0 Å². The molecule has 0 heterocycles. The van der Waals surface area contributed by atoms with Crippen LogP contribution in [0.3, 0.4) is 0 Å². The molecule has 0 unspecified atom stereocenters. The lowest BCUT2D eigenvalue weighted by Gasteiger charge is -2.10. The first-order valence-electron chi connectivity index (χ1n) is 6.26. The molecule has 0 aliphatic heterocycles. The minimum atomic E-state index is -3.30. The summed E-state index contributed by atoms with van der Waals surface area (Å²) >= 11 is 6.04. The first kappa shape index (κ1) is 15.8. The number of sulfone groups is 1. The maximum atomic E-state index is 13.5. The predicted octanol–water partition coefficient (Wildman–Crippen LogP) is 3.80. The fourth-order valence-corrected chi connectivity index (χ4v) is 2.65. The summed E-state index contributed by atoms with van der Waals surface area (Å²) in [4.78, 5) is 0.185. The van der Waals surface area contributed by atoms with Crippen molar-refractivity contribution >= 4 is 27.1 Å². The highest BCUT2D eigenvalue weighted by molar-refractivity contribution is 7.90. The molecule has 0 atom stereocenters. The van der Waals surface area contributed by atoms with Gasteiger partial charge in [-0.25, -0.2) is 12.8 Å². The molecule has 0 fully saturated rings. The summed E-state index contributed by atoms with van der Waals surface area (Å²) in [7, 11) is -3.30. The normalized spacial score (nSPS) is 11.4. The summed E-state index contributed by atoms with van der Waals surface area (Å²) < 4.78 is 36.5. The van der Waals surface area contributed by atoms with E-state index in [-0.39, 0.29) is 10.7 Å². The third-order valence-corrected chi connectivity index (χ3v) is 4.53. The van der Waals surface area contributed by atoms with Crippen molar-refractivity contribution in [2.24, 2.45) is 0 Å². The van der Waals surface area contributed by atoms with Gasteiger partial charge in [-0.3, -0.25) is 0 Å². The number of halogens is 2. The highest BCUT2D eigenvalue weighted by Crippen LogP contribution is 2.26. The van der Waals surface area contributed by atoms with E-state index in [0.717, 1.165) is 11.8 Å². The van der Waals surface area contributed by atoms with E-state index in [2.05, 4.69) is 5.32 Å². The molecule has 2 rings (SSSR count). The molecule has 0 aliphatic rings. The second-order valence-electron chi connectivity index (χ2n) is 4.85. The molecule has 3 nitrogen and oxygen atoms in total. The lowest BCUT2D eigenvalue weighted by Crippen LogP contribution is -2.03. The molecule has 6 heteroatoms. The van der Waals surface area contributed by atoms with Crippen LogP contribution in [-0.4, -0.2) is 14.7 Å². The van der Waals surface area contributed by atoms with Crippen molar-refractivity contribution in [3.05, 3.63) is 58.4 Å². The van der Waals surface area contributed by atoms with E-state index in [1.807, 2.05) is 0 Å². The molecule has 0 aromatic heterocycles. The fourth-order valence-electron chi connectivity index (χ4n) is 1.81. The van der Waals surface area contributed by atoms with Crippen molar-refractivity contribution in [1.29, 1.82) is 0 Å².